The van der Waals surface area contributed by atoms with Gasteiger partial charge in [-0.25, -0.2) is 0 Å². The Morgan fingerprint density at radius 2 is 0.554 bits per heavy atom. The van der Waals surface area contributed by atoms with Crippen LogP contribution >= 0.6 is 0 Å². The van der Waals surface area contributed by atoms with Crippen LogP contribution in [0, 0.1) is 0 Å². The second-order valence-electron chi connectivity index (χ2n) is 19.6. The van der Waals surface area contributed by atoms with E-state index in [2.05, 4.69) is 45.1 Å². The van der Waals surface area contributed by atoms with Gasteiger partial charge in [-0.05, 0) is 51.4 Å². The van der Waals surface area contributed by atoms with E-state index in [0.29, 0.717) is 19.3 Å². The first kappa shape index (κ1) is 62.9. The third-order valence-electron chi connectivity index (χ3n) is 13.0. The maximum Gasteiger partial charge on any atom is 0.306 e. The summed E-state index contributed by atoms with van der Waals surface area (Å²) in [7, 11) is 0. The number of ether oxygens (including phenoxy) is 3. The standard InChI is InChI=1S/C59H110O6/c1-4-7-10-13-16-18-20-22-23-24-25-26-27-28-29-30-31-32-33-34-35-36-37-38-40-41-43-46-49-52-58(61)64-55-56(54-63-57(60)51-48-45-15-12-9-6-3)65-59(62)53-50-47-44-42-39-21-19-17-14-11-8-5-2/h20,22,24-25,56H,4-19,21,23,26-55H2,1-3H3/b22-20-,25-24-. The van der Waals surface area contributed by atoms with Gasteiger partial charge in [-0.2, -0.15) is 0 Å². The number of hydrogen-bond donors (Lipinski definition) is 0. The molecule has 0 fully saturated rings. The third-order valence-corrected chi connectivity index (χ3v) is 13.0. The molecule has 0 radical (unpaired) electrons. The molecule has 1 unspecified atom stereocenters. The van der Waals surface area contributed by atoms with E-state index in [-0.39, 0.29) is 31.1 Å². The normalized spacial score (nSPS) is 12.1. The smallest absolute Gasteiger partial charge is 0.306 e. The Balaban J connectivity index is 3.95. The van der Waals surface area contributed by atoms with Crippen molar-refractivity contribution in [3.05, 3.63) is 24.3 Å². The minimum absolute atomic E-state index is 0.0659. The van der Waals surface area contributed by atoms with Gasteiger partial charge in [0.1, 0.15) is 13.2 Å². The van der Waals surface area contributed by atoms with Crippen LogP contribution in [0.15, 0.2) is 24.3 Å². The summed E-state index contributed by atoms with van der Waals surface area (Å²) < 4.78 is 16.7. The molecule has 1 atom stereocenters. The van der Waals surface area contributed by atoms with E-state index in [1.54, 1.807) is 0 Å². The third kappa shape index (κ3) is 52.7. The van der Waals surface area contributed by atoms with Crippen molar-refractivity contribution in [1.82, 2.24) is 0 Å². The predicted molar refractivity (Wildman–Crippen MR) is 279 cm³/mol. The average Bonchev–Trinajstić information content (AvgIpc) is 3.30. The summed E-state index contributed by atoms with van der Waals surface area (Å²) in [6.45, 7) is 6.60. The molecule has 0 aromatic carbocycles. The Hall–Kier alpha value is -2.11. The first-order valence-electron chi connectivity index (χ1n) is 28.8. The van der Waals surface area contributed by atoms with Gasteiger partial charge in [-0.15, -0.1) is 0 Å². The van der Waals surface area contributed by atoms with Crippen LogP contribution in [0.5, 0.6) is 0 Å². The van der Waals surface area contributed by atoms with Gasteiger partial charge >= 0.3 is 17.9 Å². The van der Waals surface area contributed by atoms with Crippen molar-refractivity contribution in [1.29, 1.82) is 0 Å². The van der Waals surface area contributed by atoms with Gasteiger partial charge in [0.05, 0.1) is 0 Å². The molecule has 0 saturated carbocycles. The first-order chi connectivity index (χ1) is 32.0. The zero-order valence-electron chi connectivity index (χ0n) is 43.8. The highest BCUT2D eigenvalue weighted by Crippen LogP contribution is 2.17. The Kier molecular flexibility index (Phi) is 52.7. The van der Waals surface area contributed by atoms with Crippen molar-refractivity contribution < 1.29 is 28.6 Å². The van der Waals surface area contributed by atoms with Crippen molar-refractivity contribution in [2.75, 3.05) is 13.2 Å². The molecule has 0 heterocycles. The first-order valence-corrected chi connectivity index (χ1v) is 28.8. The lowest BCUT2D eigenvalue weighted by molar-refractivity contribution is -0.167. The minimum atomic E-state index is -0.761. The van der Waals surface area contributed by atoms with E-state index in [1.807, 2.05) is 0 Å². The van der Waals surface area contributed by atoms with Crippen LogP contribution in [0.1, 0.15) is 316 Å². The van der Waals surface area contributed by atoms with Crippen molar-refractivity contribution >= 4 is 17.9 Å². The Bertz CT molecular complexity index is 1050. The summed E-state index contributed by atoms with van der Waals surface area (Å²) in [6, 6.07) is 0. The Morgan fingerprint density at radius 1 is 0.308 bits per heavy atom. The fraction of sp³-hybridized carbons (Fsp3) is 0.881. The fourth-order valence-electron chi connectivity index (χ4n) is 8.59. The molecule has 382 valence electrons. The molecule has 6 nitrogen and oxygen atoms in total. The molecular weight excluding hydrogens is 805 g/mol. The molecule has 0 N–H and O–H groups in total. The van der Waals surface area contributed by atoms with Gasteiger partial charge in [-0.3, -0.25) is 14.4 Å². The van der Waals surface area contributed by atoms with E-state index in [9.17, 15) is 14.4 Å². The van der Waals surface area contributed by atoms with E-state index >= 15 is 0 Å². The molecule has 0 saturated heterocycles. The molecule has 65 heavy (non-hydrogen) atoms. The second-order valence-corrected chi connectivity index (χ2v) is 19.6. The van der Waals surface area contributed by atoms with Crippen molar-refractivity contribution in [3.8, 4) is 0 Å². The lowest BCUT2D eigenvalue weighted by Crippen LogP contribution is -2.30. The fourth-order valence-corrected chi connectivity index (χ4v) is 8.59. The van der Waals surface area contributed by atoms with Gasteiger partial charge in [0.2, 0.25) is 0 Å². The number of esters is 3. The summed E-state index contributed by atoms with van der Waals surface area (Å²) in [4.78, 5) is 37.8. The summed E-state index contributed by atoms with van der Waals surface area (Å²) >= 11 is 0. The number of allylic oxidation sites excluding steroid dienone is 4. The van der Waals surface area contributed by atoms with E-state index in [1.165, 1.54) is 212 Å². The molecule has 0 aromatic rings. The highest BCUT2D eigenvalue weighted by atomic mass is 16.6. The van der Waals surface area contributed by atoms with Crippen LogP contribution in [-0.2, 0) is 28.6 Å². The predicted octanol–water partition coefficient (Wildman–Crippen LogP) is 19.1. The van der Waals surface area contributed by atoms with Crippen LogP contribution < -0.4 is 0 Å². The number of hydrogen-bond acceptors (Lipinski definition) is 6. The molecule has 0 amide bonds. The number of rotatable bonds is 53. The molecule has 0 rings (SSSR count). The zero-order chi connectivity index (χ0) is 47.2. The van der Waals surface area contributed by atoms with E-state index < -0.39 is 6.10 Å². The molecule has 0 aliphatic carbocycles. The molecular formula is C59H110O6. The molecule has 0 aliphatic rings. The molecule has 0 bridgehead atoms. The lowest BCUT2D eigenvalue weighted by Gasteiger charge is -2.18. The number of unbranched alkanes of at least 4 members (excludes halogenated alkanes) is 38. The van der Waals surface area contributed by atoms with E-state index in [0.717, 1.165) is 64.2 Å². The molecule has 0 aromatic heterocycles. The monoisotopic (exact) mass is 915 g/mol. The Morgan fingerprint density at radius 3 is 0.846 bits per heavy atom. The van der Waals surface area contributed by atoms with Crippen LogP contribution in [-0.4, -0.2) is 37.2 Å². The van der Waals surface area contributed by atoms with Gasteiger partial charge in [0.25, 0.3) is 0 Å². The van der Waals surface area contributed by atoms with Crippen LogP contribution in [0.4, 0.5) is 0 Å². The zero-order valence-corrected chi connectivity index (χ0v) is 43.8. The maximum atomic E-state index is 12.7. The molecule has 0 aliphatic heterocycles. The topological polar surface area (TPSA) is 78.9 Å². The number of carbonyl (C=O) groups excluding carboxylic acids is 3. The SMILES string of the molecule is CCCCCCC/C=C\C/C=C\CCCCCCCCCCCCCCCCCCCC(=O)OCC(COC(=O)CCCCCCCC)OC(=O)CCCCCCCCCCCCCC. The van der Waals surface area contributed by atoms with Crippen LogP contribution in [0.3, 0.4) is 0 Å². The Labute approximate surface area is 404 Å². The van der Waals surface area contributed by atoms with Gasteiger partial charge in [0.15, 0.2) is 6.10 Å². The largest absolute Gasteiger partial charge is 0.462 e. The van der Waals surface area contributed by atoms with E-state index in [4.69, 9.17) is 14.2 Å². The van der Waals surface area contributed by atoms with Crippen molar-refractivity contribution in [2.45, 2.75) is 322 Å². The minimum Gasteiger partial charge on any atom is -0.462 e. The maximum absolute atomic E-state index is 12.7. The molecule has 6 heteroatoms. The quantitative estimate of drug-likeness (QED) is 0.0262. The molecule has 0 spiro atoms. The van der Waals surface area contributed by atoms with Crippen LogP contribution in [0.2, 0.25) is 0 Å². The van der Waals surface area contributed by atoms with Gasteiger partial charge in [0, 0.05) is 19.3 Å². The summed E-state index contributed by atoms with van der Waals surface area (Å²) in [6.07, 6.45) is 63.6. The summed E-state index contributed by atoms with van der Waals surface area (Å²) in [5.41, 5.74) is 0. The van der Waals surface area contributed by atoms with Gasteiger partial charge < -0.3 is 14.2 Å². The second kappa shape index (κ2) is 54.5. The summed E-state index contributed by atoms with van der Waals surface area (Å²) in [5, 5.41) is 0. The average molecular weight is 916 g/mol. The number of carbonyl (C=O) groups is 3. The van der Waals surface area contributed by atoms with Crippen LogP contribution in [0.25, 0.3) is 0 Å². The van der Waals surface area contributed by atoms with Crippen molar-refractivity contribution in [2.24, 2.45) is 0 Å². The highest BCUT2D eigenvalue weighted by Gasteiger charge is 2.19. The van der Waals surface area contributed by atoms with Crippen molar-refractivity contribution in [3.63, 3.8) is 0 Å². The van der Waals surface area contributed by atoms with Gasteiger partial charge in [-0.1, -0.05) is 270 Å². The summed E-state index contributed by atoms with van der Waals surface area (Å²) in [5.74, 6) is -0.859. The lowest BCUT2D eigenvalue weighted by atomic mass is 10.0. The highest BCUT2D eigenvalue weighted by molar-refractivity contribution is 5.71.